The first-order valence-electron chi connectivity index (χ1n) is 9.79. The van der Waals surface area contributed by atoms with E-state index in [9.17, 15) is 9.90 Å². The average molecular weight is 392 g/mol. The van der Waals surface area contributed by atoms with Gasteiger partial charge in [0.05, 0.1) is 23.9 Å². The lowest BCUT2D eigenvalue weighted by atomic mass is 10.0. The fraction of sp³-hybridized carbons (Fsp3) is 0.318. The highest BCUT2D eigenvalue weighted by molar-refractivity contribution is 5.99. The fourth-order valence-corrected chi connectivity index (χ4v) is 3.50. The van der Waals surface area contributed by atoms with Crippen LogP contribution in [0.1, 0.15) is 34.5 Å². The van der Waals surface area contributed by atoms with Crippen LogP contribution < -0.4 is 10.2 Å². The van der Waals surface area contributed by atoms with Crippen LogP contribution in [0, 0.1) is 6.92 Å². The lowest BCUT2D eigenvalue weighted by Crippen LogP contribution is -2.38. The van der Waals surface area contributed by atoms with Gasteiger partial charge in [0.25, 0.3) is 5.91 Å². The van der Waals surface area contributed by atoms with E-state index in [1.807, 2.05) is 37.3 Å². The number of hydrogen-bond donors (Lipinski definition) is 2. The minimum absolute atomic E-state index is 0.211. The Kier molecular flexibility index (Phi) is 5.57. The van der Waals surface area contributed by atoms with Crippen LogP contribution >= 0.6 is 0 Å². The molecule has 0 spiro atoms. The summed E-state index contributed by atoms with van der Waals surface area (Å²) in [6, 6.07) is 13.6. The zero-order valence-electron chi connectivity index (χ0n) is 16.3. The van der Waals surface area contributed by atoms with Crippen LogP contribution in [0.2, 0.25) is 0 Å². The fourth-order valence-electron chi connectivity index (χ4n) is 3.50. The van der Waals surface area contributed by atoms with Crippen molar-refractivity contribution in [3.63, 3.8) is 0 Å². The van der Waals surface area contributed by atoms with Gasteiger partial charge >= 0.3 is 0 Å². The highest BCUT2D eigenvalue weighted by Crippen LogP contribution is 2.27. The third-order valence-electron chi connectivity index (χ3n) is 5.12. The van der Waals surface area contributed by atoms with Gasteiger partial charge in [0.1, 0.15) is 17.8 Å². The molecule has 3 aromatic rings. The van der Waals surface area contributed by atoms with Crippen LogP contribution in [0.25, 0.3) is 11.3 Å². The van der Waals surface area contributed by atoms with Gasteiger partial charge in [-0.2, -0.15) is 0 Å². The van der Waals surface area contributed by atoms with E-state index in [2.05, 4.69) is 21.4 Å². The molecule has 4 rings (SSSR count). The summed E-state index contributed by atoms with van der Waals surface area (Å²) in [5.41, 5.74) is 4.16. The number of benzene rings is 1. The summed E-state index contributed by atoms with van der Waals surface area (Å²) in [7, 11) is 0. The van der Waals surface area contributed by atoms with Crippen molar-refractivity contribution in [2.24, 2.45) is 0 Å². The van der Waals surface area contributed by atoms with Gasteiger partial charge in [0.15, 0.2) is 0 Å². The molecule has 1 amide bonds. The number of carbonyl (C=O) groups excluding carboxylic acids is 1. The Morgan fingerprint density at radius 3 is 2.79 bits per heavy atom. The van der Waals surface area contributed by atoms with E-state index in [4.69, 9.17) is 9.51 Å². The zero-order valence-corrected chi connectivity index (χ0v) is 16.3. The second kappa shape index (κ2) is 8.45. The van der Waals surface area contributed by atoms with Crippen molar-refractivity contribution in [1.82, 2.24) is 15.5 Å². The Balaban J connectivity index is 1.64. The molecule has 1 fully saturated rings. The molecule has 0 saturated carbocycles. The zero-order chi connectivity index (χ0) is 20.2. The number of nitrogens with one attached hydrogen (secondary N) is 1. The maximum Gasteiger partial charge on any atom is 0.255 e. The van der Waals surface area contributed by atoms with E-state index < -0.39 is 0 Å². The molecule has 0 atom stereocenters. The van der Waals surface area contributed by atoms with Gasteiger partial charge in [-0.3, -0.25) is 4.79 Å². The molecular formula is C22H24N4O3. The molecule has 1 aromatic carbocycles. The Morgan fingerprint density at radius 1 is 1.24 bits per heavy atom. The molecule has 7 nitrogen and oxygen atoms in total. The van der Waals surface area contributed by atoms with E-state index in [0.29, 0.717) is 43.0 Å². The van der Waals surface area contributed by atoms with Crippen molar-refractivity contribution in [3.8, 4) is 11.3 Å². The van der Waals surface area contributed by atoms with E-state index in [0.717, 1.165) is 16.8 Å². The van der Waals surface area contributed by atoms with Crippen molar-refractivity contribution in [2.75, 3.05) is 18.0 Å². The van der Waals surface area contributed by atoms with Gasteiger partial charge < -0.3 is 19.8 Å². The topological polar surface area (TPSA) is 91.5 Å². The number of amides is 1. The van der Waals surface area contributed by atoms with Crippen LogP contribution in [0.5, 0.6) is 0 Å². The number of piperidine rings is 1. The second-order valence-corrected chi connectivity index (χ2v) is 7.33. The summed E-state index contributed by atoms with van der Waals surface area (Å²) >= 11 is 0. The second-order valence-electron chi connectivity index (χ2n) is 7.33. The van der Waals surface area contributed by atoms with E-state index in [-0.39, 0.29) is 18.6 Å². The Bertz CT molecular complexity index is 979. The van der Waals surface area contributed by atoms with Crippen molar-refractivity contribution in [2.45, 2.75) is 32.4 Å². The maximum absolute atomic E-state index is 12.9. The molecule has 1 saturated heterocycles. The Labute approximate surface area is 169 Å². The number of carbonyl (C=O) groups is 1. The number of rotatable bonds is 5. The van der Waals surface area contributed by atoms with Gasteiger partial charge in [0.2, 0.25) is 0 Å². The molecule has 1 aliphatic heterocycles. The number of aliphatic hydroxyl groups is 1. The molecular weight excluding hydrogens is 368 g/mol. The summed E-state index contributed by atoms with van der Waals surface area (Å²) in [5.74, 6) is 0.436. The molecule has 0 bridgehead atoms. The number of hydrogen-bond acceptors (Lipinski definition) is 6. The molecule has 2 N–H and O–H groups in total. The largest absolute Gasteiger partial charge is 0.393 e. The molecule has 0 radical (unpaired) electrons. The van der Waals surface area contributed by atoms with Crippen LogP contribution in [0.3, 0.4) is 0 Å². The summed E-state index contributed by atoms with van der Waals surface area (Å²) in [6.07, 6.45) is 2.51. The van der Waals surface area contributed by atoms with Gasteiger partial charge in [-0.25, -0.2) is 4.98 Å². The quantitative estimate of drug-likeness (QED) is 0.694. The Morgan fingerprint density at radius 2 is 2.07 bits per heavy atom. The molecule has 150 valence electrons. The first-order chi connectivity index (χ1) is 14.1. The lowest BCUT2D eigenvalue weighted by Gasteiger charge is -2.32. The molecule has 3 heterocycles. The van der Waals surface area contributed by atoms with E-state index in [1.165, 1.54) is 6.26 Å². The molecule has 2 aromatic heterocycles. The summed E-state index contributed by atoms with van der Waals surface area (Å²) in [4.78, 5) is 19.8. The van der Waals surface area contributed by atoms with Crippen molar-refractivity contribution in [1.29, 1.82) is 0 Å². The monoisotopic (exact) mass is 392 g/mol. The standard InChI is InChI=1S/C22H24N4O3/c1-15-3-2-4-16(13-15)20-6-5-19(22(28)23-14-17-9-12-29-25-17)21(24-20)26-10-7-18(27)8-11-26/h2-6,9,12-13,18,27H,7-8,10-11,14H2,1H3,(H,23,28). The predicted octanol–water partition coefficient (Wildman–Crippen LogP) is 2.94. The van der Waals surface area contributed by atoms with Gasteiger partial charge in [-0.1, -0.05) is 28.9 Å². The minimum atomic E-state index is -0.296. The number of nitrogens with zero attached hydrogens (tertiary/aromatic N) is 3. The first kappa shape index (κ1) is 19.1. The van der Waals surface area contributed by atoms with Crippen molar-refractivity contribution in [3.05, 3.63) is 65.5 Å². The van der Waals surface area contributed by atoms with Crippen LogP contribution in [-0.2, 0) is 6.54 Å². The highest BCUT2D eigenvalue weighted by atomic mass is 16.5. The van der Waals surface area contributed by atoms with Crippen molar-refractivity contribution >= 4 is 11.7 Å². The molecule has 29 heavy (non-hydrogen) atoms. The SMILES string of the molecule is Cc1cccc(-c2ccc(C(=O)NCc3ccon3)c(N3CCC(O)CC3)n2)c1. The predicted molar refractivity (Wildman–Crippen MR) is 110 cm³/mol. The third-order valence-corrected chi connectivity index (χ3v) is 5.12. The molecule has 7 heteroatoms. The summed E-state index contributed by atoms with van der Waals surface area (Å²) in [5, 5.41) is 16.6. The minimum Gasteiger partial charge on any atom is -0.393 e. The Hall–Kier alpha value is -3.19. The number of aliphatic hydroxyl groups excluding tert-OH is 1. The number of aromatic nitrogens is 2. The summed E-state index contributed by atoms with van der Waals surface area (Å²) in [6.45, 7) is 3.65. The third kappa shape index (κ3) is 4.46. The molecule has 0 unspecified atom stereocenters. The highest BCUT2D eigenvalue weighted by Gasteiger charge is 2.24. The smallest absolute Gasteiger partial charge is 0.255 e. The molecule has 1 aliphatic rings. The van der Waals surface area contributed by atoms with Crippen LogP contribution in [-0.4, -0.2) is 40.3 Å². The average Bonchev–Trinajstić information content (AvgIpc) is 3.26. The normalized spacial score (nSPS) is 14.8. The number of aryl methyl sites for hydroxylation is 1. The summed E-state index contributed by atoms with van der Waals surface area (Å²) < 4.78 is 4.81. The molecule has 0 aliphatic carbocycles. The van der Waals surface area contributed by atoms with Crippen LogP contribution in [0.4, 0.5) is 5.82 Å². The van der Waals surface area contributed by atoms with Crippen molar-refractivity contribution < 1.29 is 14.4 Å². The number of anilines is 1. The van der Waals surface area contributed by atoms with E-state index >= 15 is 0 Å². The van der Waals surface area contributed by atoms with Gasteiger partial charge in [-0.15, -0.1) is 0 Å². The maximum atomic E-state index is 12.9. The first-order valence-corrected chi connectivity index (χ1v) is 9.79. The van der Waals surface area contributed by atoms with E-state index in [1.54, 1.807) is 6.07 Å². The van der Waals surface area contributed by atoms with Gasteiger partial charge in [-0.05, 0) is 38.0 Å². The number of pyridine rings is 1. The lowest BCUT2D eigenvalue weighted by molar-refractivity contribution is 0.0950. The van der Waals surface area contributed by atoms with Crippen LogP contribution in [0.15, 0.2) is 53.3 Å². The van der Waals surface area contributed by atoms with Gasteiger partial charge in [0, 0.05) is 24.7 Å².